The van der Waals surface area contributed by atoms with Gasteiger partial charge in [0.05, 0.1) is 5.56 Å². The lowest BCUT2D eigenvalue weighted by Gasteiger charge is -2.14. The van der Waals surface area contributed by atoms with Crippen LogP contribution in [0.1, 0.15) is 29.7 Å². The molecule has 0 amide bonds. The average Bonchev–Trinajstić information content (AvgIpc) is 2.38. The van der Waals surface area contributed by atoms with Crippen molar-refractivity contribution >= 4 is 0 Å². The number of aryl methyl sites for hydroxylation is 1. The maximum Gasteiger partial charge on any atom is 0.416 e. The standard InChI is InChI=1S/C16H15F4N/c1-9-7-12(16(18,19)20)4-5-13(9)14-8-11(10(2)21)3-6-15(14)17/h3-8,10H,21H2,1-2H3. The van der Waals surface area contributed by atoms with E-state index >= 15 is 0 Å². The molecule has 0 heterocycles. The molecule has 21 heavy (non-hydrogen) atoms. The van der Waals surface area contributed by atoms with Gasteiger partial charge in [-0.3, -0.25) is 0 Å². The van der Waals surface area contributed by atoms with E-state index in [1.54, 1.807) is 19.1 Å². The van der Waals surface area contributed by atoms with Gasteiger partial charge < -0.3 is 5.73 Å². The summed E-state index contributed by atoms with van der Waals surface area (Å²) in [5.41, 5.74) is 6.80. The number of rotatable bonds is 2. The van der Waals surface area contributed by atoms with Crippen LogP contribution in [0.5, 0.6) is 0 Å². The third-order valence-electron chi connectivity index (χ3n) is 3.36. The molecule has 0 saturated heterocycles. The molecule has 1 nitrogen and oxygen atoms in total. The van der Waals surface area contributed by atoms with Crippen LogP contribution >= 0.6 is 0 Å². The number of alkyl halides is 3. The third-order valence-corrected chi connectivity index (χ3v) is 3.36. The fourth-order valence-electron chi connectivity index (χ4n) is 2.17. The average molecular weight is 297 g/mol. The fraction of sp³-hybridized carbons (Fsp3) is 0.250. The summed E-state index contributed by atoms with van der Waals surface area (Å²) >= 11 is 0. The molecule has 1 unspecified atom stereocenters. The zero-order valence-electron chi connectivity index (χ0n) is 11.6. The first kappa shape index (κ1) is 15.5. The van der Waals surface area contributed by atoms with Crippen molar-refractivity contribution in [1.82, 2.24) is 0 Å². The highest BCUT2D eigenvalue weighted by atomic mass is 19.4. The predicted octanol–water partition coefficient (Wildman–Crippen LogP) is 4.84. The quantitative estimate of drug-likeness (QED) is 0.789. The van der Waals surface area contributed by atoms with Gasteiger partial charge in [-0.2, -0.15) is 13.2 Å². The zero-order chi connectivity index (χ0) is 15.8. The van der Waals surface area contributed by atoms with Crippen molar-refractivity contribution in [3.8, 4) is 11.1 Å². The SMILES string of the molecule is Cc1cc(C(F)(F)F)ccc1-c1cc(C(C)N)ccc1F. The molecule has 2 aromatic rings. The lowest BCUT2D eigenvalue weighted by atomic mass is 9.95. The number of nitrogens with two attached hydrogens (primary N) is 1. The summed E-state index contributed by atoms with van der Waals surface area (Å²) in [6, 6.07) is 7.43. The number of halogens is 4. The summed E-state index contributed by atoms with van der Waals surface area (Å²) < 4.78 is 52.0. The number of benzene rings is 2. The minimum absolute atomic E-state index is 0.260. The summed E-state index contributed by atoms with van der Waals surface area (Å²) in [5, 5.41) is 0. The molecule has 2 rings (SSSR count). The Kier molecular flexibility index (Phi) is 4.05. The summed E-state index contributed by atoms with van der Waals surface area (Å²) in [4.78, 5) is 0. The van der Waals surface area contributed by atoms with E-state index < -0.39 is 17.6 Å². The van der Waals surface area contributed by atoms with E-state index in [4.69, 9.17) is 5.73 Å². The maximum atomic E-state index is 14.0. The number of hydrogen-bond acceptors (Lipinski definition) is 1. The molecule has 1 atom stereocenters. The molecule has 0 aliphatic carbocycles. The molecule has 0 saturated carbocycles. The van der Waals surface area contributed by atoms with E-state index in [1.807, 2.05) is 0 Å². The van der Waals surface area contributed by atoms with Crippen molar-refractivity contribution in [2.45, 2.75) is 26.1 Å². The largest absolute Gasteiger partial charge is 0.416 e. The van der Waals surface area contributed by atoms with Crippen LogP contribution in [0.4, 0.5) is 17.6 Å². The lowest BCUT2D eigenvalue weighted by Crippen LogP contribution is -2.06. The van der Waals surface area contributed by atoms with Crippen molar-refractivity contribution in [1.29, 1.82) is 0 Å². The smallest absolute Gasteiger partial charge is 0.324 e. The van der Waals surface area contributed by atoms with E-state index in [2.05, 4.69) is 0 Å². The van der Waals surface area contributed by atoms with Gasteiger partial charge in [0.1, 0.15) is 5.82 Å². The summed E-state index contributed by atoms with van der Waals surface area (Å²) in [7, 11) is 0. The van der Waals surface area contributed by atoms with Crippen molar-refractivity contribution < 1.29 is 17.6 Å². The Morgan fingerprint density at radius 1 is 1.00 bits per heavy atom. The van der Waals surface area contributed by atoms with Crippen LogP contribution in [0.2, 0.25) is 0 Å². The van der Waals surface area contributed by atoms with Gasteiger partial charge in [0, 0.05) is 11.6 Å². The van der Waals surface area contributed by atoms with E-state index in [0.29, 0.717) is 11.1 Å². The second-order valence-corrected chi connectivity index (χ2v) is 5.06. The highest BCUT2D eigenvalue weighted by Crippen LogP contribution is 2.34. The Bertz CT molecular complexity index is 660. The van der Waals surface area contributed by atoms with Gasteiger partial charge in [0.25, 0.3) is 0 Å². The minimum atomic E-state index is -4.41. The zero-order valence-corrected chi connectivity index (χ0v) is 11.6. The molecule has 0 bridgehead atoms. The molecule has 0 fully saturated rings. The van der Waals surface area contributed by atoms with Crippen LogP contribution in [0, 0.1) is 12.7 Å². The Hall–Kier alpha value is -1.88. The topological polar surface area (TPSA) is 26.0 Å². The van der Waals surface area contributed by atoms with Crippen molar-refractivity contribution in [3.63, 3.8) is 0 Å². The Morgan fingerprint density at radius 3 is 2.19 bits per heavy atom. The van der Waals surface area contributed by atoms with Gasteiger partial charge in [0.2, 0.25) is 0 Å². The molecule has 5 heteroatoms. The monoisotopic (exact) mass is 297 g/mol. The highest BCUT2D eigenvalue weighted by Gasteiger charge is 2.30. The minimum Gasteiger partial charge on any atom is -0.324 e. The molecule has 0 radical (unpaired) electrons. The van der Waals surface area contributed by atoms with Gasteiger partial charge in [-0.15, -0.1) is 0 Å². The van der Waals surface area contributed by atoms with E-state index in [1.165, 1.54) is 19.1 Å². The van der Waals surface area contributed by atoms with Gasteiger partial charge in [-0.05, 0) is 54.8 Å². The van der Waals surface area contributed by atoms with Crippen LogP contribution in [0.25, 0.3) is 11.1 Å². The van der Waals surface area contributed by atoms with Crippen LogP contribution < -0.4 is 5.73 Å². The van der Waals surface area contributed by atoms with Crippen molar-refractivity contribution in [2.75, 3.05) is 0 Å². The molecular formula is C16H15F4N. The molecular weight excluding hydrogens is 282 g/mol. The number of hydrogen-bond donors (Lipinski definition) is 1. The first-order chi connectivity index (χ1) is 9.70. The fourth-order valence-corrected chi connectivity index (χ4v) is 2.17. The highest BCUT2D eigenvalue weighted by molar-refractivity contribution is 5.69. The molecule has 112 valence electrons. The molecule has 0 aliphatic rings. The Morgan fingerprint density at radius 2 is 1.67 bits per heavy atom. The van der Waals surface area contributed by atoms with Gasteiger partial charge in [-0.25, -0.2) is 4.39 Å². The predicted molar refractivity (Wildman–Crippen MR) is 74.2 cm³/mol. The van der Waals surface area contributed by atoms with Crippen molar-refractivity contribution in [2.24, 2.45) is 5.73 Å². The van der Waals surface area contributed by atoms with Crippen LogP contribution in [-0.4, -0.2) is 0 Å². The second kappa shape index (κ2) is 5.48. The summed E-state index contributed by atoms with van der Waals surface area (Å²) in [5.74, 6) is -0.484. The first-order valence-corrected chi connectivity index (χ1v) is 6.43. The third kappa shape index (κ3) is 3.24. The molecule has 0 spiro atoms. The van der Waals surface area contributed by atoms with E-state index in [0.717, 1.165) is 17.7 Å². The Balaban J connectivity index is 2.55. The van der Waals surface area contributed by atoms with Crippen molar-refractivity contribution in [3.05, 3.63) is 58.9 Å². The first-order valence-electron chi connectivity index (χ1n) is 6.43. The van der Waals surface area contributed by atoms with E-state index in [9.17, 15) is 17.6 Å². The molecule has 2 aromatic carbocycles. The maximum absolute atomic E-state index is 14.0. The molecule has 0 aromatic heterocycles. The van der Waals surface area contributed by atoms with Gasteiger partial charge >= 0.3 is 6.18 Å². The normalized spacial score (nSPS) is 13.3. The molecule has 0 aliphatic heterocycles. The lowest BCUT2D eigenvalue weighted by molar-refractivity contribution is -0.137. The second-order valence-electron chi connectivity index (χ2n) is 5.06. The van der Waals surface area contributed by atoms with E-state index in [-0.39, 0.29) is 11.6 Å². The molecule has 2 N–H and O–H groups in total. The van der Waals surface area contributed by atoms with Crippen LogP contribution in [0.3, 0.4) is 0 Å². The van der Waals surface area contributed by atoms with Gasteiger partial charge in [0.15, 0.2) is 0 Å². The van der Waals surface area contributed by atoms with Gasteiger partial charge in [-0.1, -0.05) is 12.1 Å². The van der Waals surface area contributed by atoms with Crippen LogP contribution in [0.15, 0.2) is 36.4 Å². The Labute approximate surface area is 120 Å². The van der Waals surface area contributed by atoms with Crippen LogP contribution in [-0.2, 0) is 6.18 Å². The summed E-state index contributed by atoms with van der Waals surface area (Å²) in [6.45, 7) is 3.29. The summed E-state index contributed by atoms with van der Waals surface area (Å²) in [6.07, 6.45) is -4.41.